The van der Waals surface area contributed by atoms with Gasteiger partial charge in [-0.3, -0.25) is 9.59 Å². The molecule has 2 aromatic heterocycles. The number of H-pyrrole nitrogens is 1. The summed E-state index contributed by atoms with van der Waals surface area (Å²) in [6, 6.07) is 13.2. The molecule has 36 heavy (non-hydrogen) atoms. The van der Waals surface area contributed by atoms with Crippen molar-refractivity contribution in [2.24, 2.45) is 0 Å². The minimum atomic E-state index is -1.13. The predicted octanol–water partition coefficient (Wildman–Crippen LogP) is 4.87. The number of para-hydroxylation sites is 1. The van der Waals surface area contributed by atoms with Crippen LogP contribution in [0.15, 0.2) is 57.7 Å². The van der Waals surface area contributed by atoms with Crippen LogP contribution in [0.1, 0.15) is 40.7 Å². The van der Waals surface area contributed by atoms with Crippen molar-refractivity contribution in [2.45, 2.75) is 31.9 Å². The highest BCUT2D eigenvalue weighted by Gasteiger charge is 2.33. The quantitative estimate of drug-likeness (QED) is 0.386. The van der Waals surface area contributed by atoms with Gasteiger partial charge in [-0.1, -0.05) is 35.9 Å². The fourth-order valence-electron chi connectivity index (χ4n) is 4.88. The molecule has 0 aliphatic carbocycles. The Kier molecular flexibility index (Phi) is 6.55. The summed E-state index contributed by atoms with van der Waals surface area (Å²) in [4.78, 5) is 31.0. The van der Waals surface area contributed by atoms with E-state index >= 15 is 4.39 Å². The fourth-order valence-corrected chi connectivity index (χ4v) is 5.18. The van der Waals surface area contributed by atoms with Crippen molar-refractivity contribution in [3.63, 3.8) is 0 Å². The summed E-state index contributed by atoms with van der Waals surface area (Å²) >= 11 is 6.35. The number of benzene rings is 2. The van der Waals surface area contributed by atoms with E-state index in [0.717, 1.165) is 22.7 Å². The van der Waals surface area contributed by atoms with Gasteiger partial charge in [0.1, 0.15) is 18.2 Å². The largest absolute Gasteiger partial charge is 0.502 e. The molecule has 9 heteroatoms. The first-order valence-corrected chi connectivity index (χ1v) is 11.9. The van der Waals surface area contributed by atoms with Gasteiger partial charge in [-0.15, -0.1) is 0 Å². The molecule has 1 aliphatic heterocycles. The summed E-state index contributed by atoms with van der Waals surface area (Å²) in [6.07, 6.45) is 0.406. The van der Waals surface area contributed by atoms with Gasteiger partial charge in [0.05, 0.1) is 12.5 Å². The number of rotatable bonds is 6. The molecule has 0 saturated carbocycles. The normalized spacial score (nSPS) is 14.1. The van der Waals surface area contributed by atoms with Gasteiger partial charge in [0.2, 0.25) is 17.1 Å². The number of methoxy groups -OCH3 is 1. The predicted molar refractivity (Wildman–Crippen MR) is 133 cm³/mol. The fraction of sp³-hybridized carbons (Fsp3) is 0.259. The van der Waals surface area contributed by atoms with Crippen molar-refractivity contribution in [3.05, 3.63) is 97.9 Å². The highest BCUT2D eigenvalue weighted by molar-refractivity contribution is 6.31. The van der Waals surface area contributed by atoms with Crippen molar-refractivity contribution in [3.8, 4) is 5.75 Å². The summed E-state index contributed by atoms with van der Waals surface area (Å²) in [5.74, 6) is -2.86. The number of halogens is 2. The molecule has 3 heterocycles. The number of fused-ring (bicyclic) bond motifs is 3. The van der Waals surface area contributed by atoms with Crippen LogP contribution in [-0.2, 0) is 29.1 Å². The maximum absolute atomic E-state index is 15.0. The van der Waals surface area contributed by atoms with Crippen LogP contribution in [-0.4, -0.2) is 34.6 Å². The van der Waals surface area contributed by atoms with Crippen LogP contribution in [0.4, 0.5) is 4.39 Å². The number of hydrogen-bond acceptors (Lipinski definition) is 5. The summed E-state index contributed by atoms with van der Waals surface area (Å²) in [6.45, 7) is 0.800. The lowest BCUT2D eigenvalue weighted by Crippen LogP contribution is -2.36. The van der Waals surface area contributed by atoms with Gasteiger partial charge in [-0.05, 0) is 30.2 Å². The third kappa shape index (κ3) is 4.38. The van der Waals surface area contributed by atoms with Crippen molar-refractivity contribution in [1.29, 1.82) is 0 Å². The van der Waals surface area contributed by atoms with E-state index in [2.05, 4.69) is 11.1 Å². The van der Waals surface area contributed by atoms with E-state index in [-0.39, 0.29) is 41.0 Å². The molecule has 7 nitrogen and oxygen atoms in total. The number of carbonyl (C=O) groups is 1. The number of hydrogen-bond donors (Lipinski definition) is 2. The Morgan fingerprint density at radius 2 is 2.08 bits per heavy atom. The molecular formula is C27H24ClFN2O5. The number of nitrogens with one attached hydrogen (secondary N) is 1. The zero-order valence-corrected chi connectivity index (χ0v) is 20.3. The minimum absolute atomic E-state index is 0.0242. The topological polar surface area (TPSA) is 95.8 Å². The van der Waals surface area contributed by atoms with E-state index in [0.29, 0.717) is 19.5 Å². The van der Waals surface area contributed by atoms with E-state index in [4.69, 9.17) is 20.8 Å². The molecule has 1 aliphatic rings. The number of nitrogens with zero attached hydrogens (tertiary/aromatic N) is 1. The molecule has 0 saturated heterocycles. The lowest BCUT2D eigenvalue weighted by molar-refractivity contribution is -0.132. The Hall–Kier alpha value is -3.62. The zero-order chi connectivity index (χ0) is 25.4. The Labute approximate surface area is 211 Å². The molecule has 5 rings (SSSR count). The Morgan fingerprint density at radius 1 is 1.28 bits per heavy atom. The average molecular weight is 511 g/mol. The molecule has 1 atom stereocenters. The molecule has 4 aromatic rings. The number of aromatic amines is 1. The molecule has 0 bridgehead atoms. The summed E-state index contributed by atoms with van der Waals surface area (Å²) in [5.41, 5.74) is 2.40. The second-order valence-corrected chi connectivity index (χ2v) is 9.22. The summed E-state index contributed by atoms with van der Waals surface area (Å²) < 4.78 is 25.8. The van der Waals surface area contributed by atoms with E-state index in [1.54, 1.807) is 4.90 Å². The highest BCUT2D eigenvalue weighted by Crippen LogP contribution is 2.39. The third-order valence-corrected chi connectivity index (χ3v) is 6.89. The van der Waals surface area contributed by atoms with E-state index in [1.165, 1.54) is 30.9 Å². The smallest absolute Gasteiger partial charge is 0.227 e. The highest BCUT2D eigenvalue weighted by atomic mass is 35.5. The molecule has 2 N–H and O–H groups in total. The van der Waals surface area contributed by atoms with Crippen LogP contribution in [0.3, 0.4) is 0 Å². The second kappa shape index (κ2) is 9.79. The maximum Gasteiger partial charge on any atom is 0.227 e. The number of carbonyl (C=O) groups excluding carboxylic acids is 1. The van der Waals surface area contributed by atoms with Gasteiger partial charge in [0.25, 0.3) is 0 Å². The van der Waals surface area contributed by atoms with Gasteiger partial charge in [-0.2, -0.15) is 0 Å². The molecule has 1 amide bonds. The molecule has 0 radical (unpaired) electrons. The van der Waals surface area contributed by atoms with Gasteiger partial charge in [0, 0.05) is 53.3 Å². The molecule has 2 aromatic carbocycles. The van der Waals surface area contributed by atoms with Gasteiger partial charge >= 0.3 is 0 Å². The summed E-state index contributed by atoms with van der Waals surface area (Å²) in [7, 11) is 1.43. The number of amides is 1. The zero-order valence-electron chi connectivity index (χ0n) is 19.5. The van der Waals surface area contributed by atoms with Crippen LogP contribution in [0, 0.1) is 5.82 Å². The standard InChI is InChI=1S/C27H24ClFN2O5/c1-35-14-15-11-23(32)26(34)27(36-15)18(25-19(28)6-4-7-20(25)29)12-24(33)31-10-9-17-16-5-2-3-8-21(16)30-22(17)13-31/h2-8,11,18,30,34H,9-10,12-14H2,1H3/t18-/m0/s1. The lowest BCUT2D eigenvalue weighted by Gasteiger charge is -2.29. The van der Waals surface area contributed by atoms with Gasteiger partial charge in [0.15, 0.2) is 5.76 Å². The van der Waals surface area contributed by atoms with E-state index < -0.39 is 22.9 Å². The van der Waals surface area contributed by atoms with Crippen LogP contribution in [0.2, 0.25) is 5.02 Å². The number of aromatic hydroxyl groups is 1. The Bertz CT molecular complexity index is 1490. The summed E-state index contributed by atoms with van der Waals surface area (Å²) in [5, 5.41) is 11.8. The first kappa shape index (κ1) is 24.1. The Morgan fingerprint density at radius 3 is 2.86 bits per heavy atom. The molecule has 186 valence electrons. The molecular weight excluding hydrogens is 487 g/mol. The van der Waals surface area contributed by atoms with E-state index in [1.807, 2.05) is 18.2 Å². The first-order valence-electron chi connectivity index (χ1n) is 11.5. The monoisotopic (exact) mass is 510 g/mol. The van der Waals surface area contributed by atoms with Crippen LogP contribution >= 0.6 is 11.6 Å². The van der Waals surface area contributed by atoms with Crippen molar-refractivity contribution < 1.29 is 23.4 Å². The molecule has 0 fully saturated rings. The average Bonchev–Trinajstić information content (AvgIpc) is 3.23. The lowest BCUT2D eigenvalue weighted by atomic mass is 9.90. The molecule has 0 unspecified atom stereocenters. The van der Waals surface area contributed by atoms with Crippen LogP contribution in [0.5, 0.6) is 5.75 Å². The van der Waals surface area contributed by atoms with Crippen molar-refractivity contribution in [2.75, 3.05) is 13.7 Å². The number of ether oxygens (including phenoxy) is 1. The van der Waals surface area contributed by atoms with Crippen LogP contribution < -0.4 is 5.43 Å². The maximum atomic E-state index is 15.0. The van der Waals surface area contributed by atoms with Crippen molar-refractivity contribution in [1.82, 2.24) is 9.88 Å². The number of aromatic nitrogens is 1. The first-order chi connectivity index (χ1) is 17.4. The van der Waals surface area contributed by atoms with E-state index in [9.17, 15) is 14.7 Å². The minimum Gasteiger partial charge on any atom is -0.502 e. The molecule has 0 spiro atoms. The Balaban J connectivity index is 1.51. The van der Waals surface area contributed by atoms with Crippen molar-refractivity contribution >= 4 is 28.4 Å². The third-order valence-electron chi connectivity index (χ3n) is 6.57. The SMILES string of the molecule is COCc1cc(=O)c(O)c([C@@H](CC(=O)N2CCc3c([nH]c4ccccc34)C2)c2c(F)cccc2Cl)o1. The van der Waals surface area contributed by atoms with Gasteiger partial charge in [-0.25, -0.2) is 4.39 Å². The second-order valence-electron chi connectivity index (χ2n) is 8.81. The van der Waals surface area contributed by atoms with Crippen LogP contribution in [0.25, 0.3) is 10.9 Å². The van der Waals surface area contributed by atoms with Gasteiger partial charge < -0.3 is 24.1 Å².